The minimum absolute atomic E-state index is 0.0143. The number of rotatable bonds is 5. The molecule has 1 fully saturated rings. The second-order valence-corrected chi connectivity index (χ2v) is 5.93. The zero-order valence-electron chi connectivity index (χ0n) is 12.7. The Balaban J connectivity index is 2.00. The Hall–Kier alpha value is -1.29. The van der Waals surface area contributed by atoms with E-state index in [2.05, 4.69) is 11.8 Å². The van der Waals surface area contributed by atoms with Crippen LogP contribution in [0, 0.1) is 17.6 Å². The molecular weight excluding hydrogens is 272 g/mol. The van der Waals surface area contributed by atoms with Crippen molar-refractivity contribution in [2.45, 2.75) is 45.6 Å². The second-order valence-electron chi connectivity index (χ2n) is 5.93. The lowest BCUT2D eigenvalue weighted by Crippen LogP contribution is -2.44. The van der Waals surface area contributed by atoms with E-state index in [1.54, 1.807) is 0 Å². The van der Waals surface area contributed by atoms with Gasteiger partial charge in [0.1, 0.15) is 11.6 Å². The topological polar surface area (TPSA) is 20.3 Å². The molecule has 0 saturated carbocycles. The highest BCUT2D eigenvalue weighted by Gasteiger charge is 2.28. The van der Waals surface area contributed by atoms with Gasteiger partial charge in [0.05, 0.1) is 11.6 Å². The minimum atomic E-state index is -0.771. The lowest BCUT2D eigenvalue weighted by molar-refractivity contribution is 0.0762. The van der Waals surface area contributed by atoms with Crippen LogP contribution in [0.15, 0.2) is 18.2 Å². The highest BCUT2D eigenvalue weighted by Crippen LogP contribution is 2.24. The molecule has 1 aromatic rings. The van der Waals surface area contributed by atoms with Gasteiger partial charge in [-0.1, -0.05) is 19.8 Å². The summed E-state index contributed by atoms with van der Waals surface area (Å²) < 4.78 is 26.6. The van der Waals surface area contributed by atoms with Crippen LogP contribution in [0.3, 0.4) is 0 Å². The van der Waals surface area contributed by atoms with Crippen LogP contribution in [0.4, 0.5) is 8.78 Å². The van der Waals surface area contributed by atoms with Crippen LogP contribution in [-0.4, -0.2) is 29.8 Å². The third-order valence-corrected chi connectivity index (χ3v) is 4.47. The van der Waals surface area contributed by atoms with Crippen molar-refractivity contribution in [3.8, 4) is 0 Å². The van der Waals surface area contributed by atoms with Gasteiger partial charge in [-0.05, 0) is 50.9 Å². The van der Waals surface area contributed by atoms with Gasteiger partial charge in [-0.25, -0.2) is 8.78 Å². The van der Waals surface area contributed by atoms with Crippen LogP contribution in [0.1, 0.15) is 49.9 Å². The molecule has 1 aliphatic heterocycles. The van der Waals surface area contributed by atoms with E-state index in [9.17, 15) is 13.6 Å². The molecular formula is C17H23F2NO. The number of hydrogen-bond acceptors (Lipinski definition) is 2. The number of carbonyl (C=O) groups excluding carboxylic acids is 1. The van der Waals surface area contributed by atoms with Gasteiger partial charge in [-0.2, -0.15) is 0 Å². The maximum Gasteiger partial charge on any atom is 0.182 e. The van der Waals surface area contributed by atoms with Gasteiger partial charge in [-0.3, -0.25) is 9.69 Å². The van der Waals surface area contributed by atoms with Gasteiger partial charge in [0.2, 0.25) is 0 Å². The molecule has 0 N–H and O–H groups in total. The number of likely N-dealkylation sites (tertiary alicyclic amines) is 1. The van der Waals surface area contributed by atoms with Crippen LogP contribution in [0.25, 0.3) is 0 Å². The van der Waals surface area contributed by atoms with E-state index < -0.39 is 11.6 Å². The molecule has 0 spiro atoms. The van der Waals surface area contributed by atoms with Crippen LogP contribution in [-0.2, 0) is 0 Å². The van der Waals surface area contributed by atoms with E-state index in [1.807, 2.05) is 6.92 Å². The average Bonchev–Trinajstić information content (AvgIpc) is 2.47. The lowest BCUT2D eigenvalue weighted by atomic mass is 9.91. The van der Waals surface area contributed by atoms with Crippen LogP contribution < -0.4 is 0 Å². The van der Waals surface area contributed by atoms with Gasteiger partial charge in [0.25, 0.3) is 0 Å². The van der Waals surface area contributed by atoms with Crippen molar-refractivity contribution >= 4 is 5.78 Å². The maximum absolute atomic E-state index is 13.7. The molecule has 4 heteroatoms. The summed E-state index contributed by atoms with van der Waals surface area (Å²) in [6, 6.07) is 2.80. The number of halogens is 2. The minimum Gasteiger partial charge on any atom is -0.293 e. The molecule has 0 radical (unpaired) electrons. The standard InChI is InChI=1S/C17H23F2NO/c1-3-4-13-7-9-20(10-8-13)12(2)17(21)15-6-5-14(18)11-16(15)19/h5-6,11-13H,3-4,7-10H2,1-2H3. The molecule has 1 saturated heterocycles. The molecule has 2 nitrogen and oxygen atoms in total. The number of benzene rings is 1. The van der Waals surface area contributed by atoms with Crippen molar-refractivity contribution in [1.82, 2.24) is 4.90 Å². The van der Waals surface area contributed by atoms with E-state index in [4.69, 9.17) is 0 Å². The summed E-state index contributed by atoms with van der Waals surface area (Å²) >= 11 is 0. The van der Waals surface area contributed by atoms with Gasteiger partial charge < -0.3 is 0 Å². The molecule has 1 aromatic carbocycles. The highest BCUT2D eigenvalue weighted by molar-refractivity contribution is 6.00. The molecule has 2 rings (SSSR count). The SMILES string of the molecule is CCCC1CCN(C(C)C(=O)c2ccc(F)cc2F)CC1. The van der Waals surface area contributed by atoms with Crippen LogP contribution >= 0.6 is 0 Å². The second kappa shape index (κ2) is 7.12. The zero-order chi connectivity index (χ0) is 15.4. The molecule has 1 unspecified atom stereocenters. The third kappa shape index (κ3) is 3.88. The number of piperidine rings is 1. The third-order valence-electron chi connectivity index (χ3n) is 4.47. The zero-order valence-corrected chi connectivity index (χ0v) is 12.7. The number of carbonyl (C=O) groups is 1. The van der Waals surface area contributed by atoms with E-state index in [-0.39, 0.29) is 17.4 Å². The van der Waals surface area contributed by atoms with Crippen molar-refractivity contribution < 1.29 is 13.6 Å². The first-order valence-electron chi connectivity index (χ1n) is 7.76. The highest BCUT2D eigenvalue weighted by atomic mass is 19.1. The van der Waals surface area contributed by atoms with E-state index in [1.165, 1.54) is 18.9 Å². The predicted molar refractivity (Wildman–Crippen MR) is 79.4 cm³/mol. The van der Waals surface area contributed by atoms with Crippen molar-refractivity contribution in [2.24, 2.45) is 5.92 Å². The Labute approximate surface area is 125 Å². The first kappa shape index (κ1) is 16.1. The number of ketones is 1. The summed E-state index contributed by atoms with van der Waals surface area (Å²) in [5, 5.41) is 0. The molecule has 21 heavy (non-hydrogen) atoms. The van der Waals surface area contributed by atoms with Gasteiger partial charge in [-0.15, -0.1) is 0 Å². The molecule has 0 aromatic heterocycles. The van der Waals surface area contributed by atoms with Crippen molar-refractivity contribution in [3.63, 3.8) is 0 Å². The van der Waals surface area contributed by atoms with Crippen LogP contribution in [0.5, 0.6) is 0 Å². The summed E-state index contributed by atoms with van der Waals surface area (Å²) in [6.45, 7) is 5.75. The first-order valence-corrected chi connectivity index (χ1v) is 7.76. The summed E-state index contributed by atoms with van der Waals surface area (Å²) in [6.07, 6.45) is 4.62. The lowest BCUT2D eigenvalue weighted by Gasteiger charge is -2.35. The molecule has 116 valence electrons. The number of Topliss-reactive ketones (excluding diaryl/α,β-unsaturated/α-hetero) is 1. The van der Waals surface area contributed by atoms with Crippen molar-refractivity contribution in [3.05, 3.63) is 35.4 Å². The Bertz CT molecular complexity index is 496. The molecule has 0 bridgehead atoms. The van der Waals surface area contributed by atoms with E-state index in [0.29, 0.717) is 0 Å². The Kier molecular flexibility index (Phi) is 5.45. The number of nitrogens with zero attached hydrogens (tertiary/aromatic N) is 1. The largest absolute Gasteiger partial charge is 0.293 e. The van der Waals surface area contributed by atoms with Crippen molar-refractivity contribution in [1.29, 1.82) is 0 Å². The molecule has 1 heterocycles. The Morgan fingerprint density at radius 3 is 2.57 bits per heavy atom. The van der Waals surface area contributed by atoms with E-state index in [0.717, 1.165) is 44.0 Å². The Morgan fingerprint density at radius 2 is 2.00 bits per heavy atom. The fourth-order valence-electron chi connectivity index (χ4n) is 3.12. The molecule has 0 aliphatic carbocycles. The monoisotopic (exact) mass is 295 g/mol. The van der Waals surface area contributed by atoms with Gasteiger partial charge >= 0.3 is 0 Å². The first-order chi connectivity index (χ1) is 10.0. The fourth-order valence-corrected chi connectivity index (χ4v) is 3.12. The molecule has 1 atom stereocenters. The summed E-state index contributed by atoms with van der Waals surface area (Å²) in [5.74, 6) is -0.942. The van der Waals surface area contributed by atoms with Gasteiger partial charge in [0, 0.05) is 6.07 Å². The molecule has 1 aliphatic rings. The molecule has 0 amide bonds. The smallest absolute Gasteiger partial charge is 0.182 e. The van der Waals surface area contributed by atoms with Gasteiger partial charge in [0.15, 0.2) is 5.78 Å². The van der Waals surface area contributed by atoms with Crippen LogP contribution in [0.2, 0.25) is 0 Å². The summed E-state index contributed by atoms with van der Waals surface area (Å²) in [7, 11) is 0. The average molecular weight is 295 g/mol. The maximum atomic E-state index is 13.7. The summed E-state index contributed by atoms with van der Waals surface area (Å²) in [4.78, 5) is 14.5. The summed E-state index contributed by atoms with van der Waals surface area (Å²) in [5.41, 5.74) is -0.0143. The Morgan fingerprint density at radius 1 is 1.33 bits per heavy atom. The van der Waals surface area contributed by atoms with Crippen molar-refractivity contribution in [2.75, 3.05) is 13.1 Å². The normalized spacial score (nSPS) is 18.7. The fraction of sp³-hybridized carbons (Fsp3) is 0.588. The predicted octanol–water partition coefficient (Wildman–Crippen LogP) is 4.05. The van der Waals surface area contributed by atoms with E-state index >= 15 is 0 Å². The quantitative estimate of drug-likeness (QED) is 0.764. The number of hydrogen-bond donors (Lipinski definition) is 0.